The lowest BCUT2D eigenvalue weighted by Gasteiger charge is -2.12. The fourth-order valence-electron chi connectivity index (χ4n) is 0.770. The van der Waals surface area contributed by atoms with E-state index in [1.807, 2.05) is 6.92 Å². The molecule has 0 amide bonds. The SMILES string of the molecule is CCCCOC(C)OC(=O)C=CC(=O)O. The third-order valence-corrected chi connectivity index (χ3v) is 1.49. The number of carboxylic acid groups (broad SMARTS) is 1. The molecule has 0 aromatic carbocycles. The fourth-order valence-corrected chi connectivity index (χ4v) is 0.770. The van der Waals surface area contributed by atoms with Gasteiger partial charge in [0.2, 0.25) is 0 Å². The highest BCUT2D eigenvalue weighted by Gasteiger charge is 2.06. The van der Waals surface area contributed by atoms with Gasteiger partial charge < -0.3 is 14.6 Å². The topological polar surface area (TPSA) is 72.8 Å². The molecule has 0 aliphatic heterocycles. The van der Waals surface area contributed by atoms with E-state index in [0.29, 0.717) is 6.61 Å². The average molecular weight is 216 g/mol. The zero-order valence-corrected chi connectivity index (χ0v) is 8.93. The fraction of sp³-hybridized carbons (Fsp3) is 0.600. The lowest BCUT2D eigenvalue weighted by atomic mass is 10.4. The van der Waals surface area contributed by atoms with Crippen LogP contribution in [-0.4, -0.2) is 29.9 Å². The second-order valence-electron chi connectivity index (χ2n) is 2.90. The highest BCUT2D eigenvalue weighted by molar-refractivity contribution is 5.90. The van der Waals surface area contributed by atoms with E-state index in [2.05, 4.69) is 0 Å². The Kier molecular flexibility index (Phi) is 7.27. The normalized spacial score (nSPS) is 12.7. The van der Waals surface area contributed by atoms with Gasteiger partial charge >= 0.3 is 11.9 Å². The van der Waals surface area contributed by atoms with Crippen LogP contribution in [-0.2, 0) is 19.1 Å². The van der Waals surface area contributed by atoms with E-state index in [9.17, 15) is 9.59 Å². The van der Waals surface area contributed by atoms with Crippen molar-refractivity contribution >= 4 is 11.9 Å². The molecule has 86 valence electrons. The van der Waals surface area contributed by atoms with Crippen LogP contribution in [0.15, 0.2) is 12.2 Å². The molecular formula is C10H16O5. The standard InChI is InChI=1S/C10H16O5/c1-3-4-7-14-8(2)15-10(13)6-5-9(11)12/h5-6,8H,3-4,7H2,1-2H3,(H,11,12). The van der Waals surface area contributed by atoms with E-state index < -0.39 is 18.2 Å². The minimum absolute atomic E-state index is 0.521. The van der Waals surface area contributed by atoms with Crippen molar-refractivity contribution in [3.63, 3.8) is 0 Å². The molecule has 0 saturated carbocycles. The maximum absolute atomic E-state index is 10.9. The van der Waals surface area contributed by atoms with Gasteiger partial charge in [0.1, 0.15) is 0 Å². The second-order valence-corrected chi connectivity index (χ2v) is 2.90. The van der Waals surface area contributed by atoms with Crippen LogP contribution >= 0.6 is 0 Å². The molecular weight excluding hydrogens is 200 g/mol. The summed E-state index contributed by atoms with van der Waals surface area (Å²) in [5.74, 6) is -1.91. The molecule has 0 bridgehead atoms. The van der Waals surface area contributed by atoms with E-state index in [4.69, 9.17) is 14.6 Å². The maximum atomic E-state index is 10.9. The molecule has 0 radical (unpaired) electrons. The Morgan fingerprint density at radius 3 is 2.60 bits per heavy atom. The number of aliphatic carboxylic acids is 1. The van der Waals surface area contributed by atoms with Crippen LogP contribution < -0.4 is 0 Å². The van der Waals surface area contributed by atoms with E-state index in [1.165, 1.54) is 0 Å². The van der Waals surface area contributed by atoms with Crippen LogP contribution in [0.25, 0.3) is 0 Å². The summed E-state index contributed by atoms with van der Waals surface area (Å²) >= 11 is 0. The summed E-state index contributed by atoms with van der Waals surface area (Å²) in [7, 11) is 0. The Morgan fingerprint density at radius 2 is 2.07 bits per heavy atom. The summed E-state index contributed by atoms with van der Waals surface area (Å²) in [4.78, 5) is 21.0. The molecule has 0 saturated heterocycles. The van der Waals surface area contributed by atoms with Crippen LogP contribution in [0.3, 0.4) is 0 Å². The molecule has 0 spiro atoms. The molecule has 0 aliphatic rings. The van der Waals surface area contributed by atoms with Crippen molar-refractivity contribution in [3.8, 4) is 0 Å². The monoisotopic (exact) mass is 216 g/mol. The van der Waals surface area contributed by atoms with Gasteiger partial charge in [-0.05, 0) is 13.3 Å². The summed E-state index contributed by atoms with van der Waals surface area (Å²) in [5, 5.41) is 8.24. The van der Waals surface area contributed by atoms with Crippen molar-refractivity contribution < 1.29 is 24.2 Å². The molecule has 0 aliphatic carbocycles. The van der Waals surface area contributed by atoms with E-state index in [0.717, 1.165) is 25.0 Å². The third kappa shape index (κ3) is 8.96. The summed E-state index contributed by atoms with van der Waals surface area (Å²) in [6.45, 7) is 4.13. The molecule has 15 heavy (non-hydrogen) atoms. The highest BCUT2D eigenvalue weighted by atomic mass is 16.7. The molecule has 0 fully saturated rings. The van der Waals surface area contributed by atoms with Gasteiger partial charge in [0, 0.05) is 12.2 Å². The minimum atomic E-state index is -1.19. The number of esters is 1. The molecule has 5 nitrogen and oxygen atoms in total. The van der Waals surface area contributed by atoms with Crippen molar-refractivity contribution in [3.05, 3.63) is 12.2 Å². The molecule has 0 heterocycles. The largest absolute Gasteiger partial charge is 0.478 e. The molecule has 0 rings (SSSR count). The van der Waals surface area contributed by atoms with E-state index in [1.54, 1.807) is 6.92 Å². The van der Waals surface area contributed by atoms with Crippen LogP contribution in [0.4, 0.5) is 0 Å². The van der Waals surface area contributed by atoms with Gasteiger partial charge in [-0.25, -0.2) is 9.59 Å². The molecule has 1 unspecified atom stereocenters. The van der Waals surface area contributed by atoms with Crippen LogP contribution in [0.5, 0.6) is 0 Å². The van der Waals surface area contributed by atoms with Gasteiger partial charge in [0.15, 0.2) is 6.29 Å². The van der Waals surface area contributed by atoms with Crippen molar-refractivity contribution in [2.75, 3.05) is 6.61 Å². The van der Waals surface area contributed by atoms with Crippen molar-refractivity contribution in [1.82, 2.24) is 0 Å². The smallest absolute Gasteiger partial charge is 0.333 e. The number of ether oxygens (including phenoxy) is 2. The van der Waals surface area contributed by atoms with Crippen molar-refractivity contribution in [2.24, 2.45) is 0 Å². The first-order valence-corrected chi connectivity index (χ1v) is 4.79. The molecule has 1 atom stereocenters. The number of carbonyl (C=O) groups is 2. The van der Waals surface area contributed by atoms with E-state index >= 15 is 0 Å². The Balaban J connectivity index is 3.71. The Hall–Kier alpha value is -1.36. The Morgan fingerprint density at radius 1 is 1.40 bits per heavy atom. The number of carbonyl (C=O) groups excluding carboxylic acids is 1. The maximum Gasteiger partial charge on any atom is 0.333 e. The van der Waals surface area contributed by atoms with Crippen LogP contribution in [0.1, 0.15) is 26.7 Å². The average Bonchev–Trinajstić information content (AvgIpc) is 2.15. The molecule has 0 aromatic heterocycles. The van der Waals surface area contributed by atoms with Crippen LogP contribution in [0, 0.1) is 0 Å². The van der Waals surface area contributed by atoms with Gasteiger partial charge in [0.25, 0.3) is 0 Å². The number of rotatable bonds is 7. The lowest BCUT2D eigenvalue weighted by Crippen LogP contribution is -2.17. The number of unbranched alkanes of at least 4 members (excludes halogenated alkanes) is 1. The first-order chi connectivity index (χ1) is 7.06. The zero-order valence-electron chi connectivity index (χ0n) is 8.93. The molecule has 0 aromatic rings. The number of hydrogen-bond donors (Lipinski definition) is 1. The first-order valence-electron chi connectivity index (χ1n) is 4.79. The van der Waals surface area contributed by atoms with Gasteiger partial charge in [-0.2, -0.15) is 0 Å². The highest BCUT2D eigenvalue weighted by Crippen LogP contribution is 1.97. The Bertz CT molecular complexity index is 234. The van der Waals surface area contributed by atoms with Crippen molar-refractivity contribution in [1.29, 1.82) is 0 Å². The van der Waals surface area contributed by atoms with Gasteiger partial charge in [-0.1, -0.05) is 13.3 Å². The predicted molar refractivity (Wildman–Crippen MR) is 53.2 cm³/mol. The lowest BCUT2D eigenvalue weighted by molar-refractivity contribution is -0.169. The number of carboxylic acids is 1. The Labute approximate surface area is 88.7 Å². The van der Waals surface area contributed by atoms with Crippen molar-refractivity contribution in [2.45, 2.75) is 33.0 Å². The predicted octanol–water partition coefficient (Wildman–Crippen LogP) is 1.33. The summed E-state index contributed by atoms with van der Waals surface area (Å²) < 4.78 is 9.87. The van der Waals surface area contributed by atoms with Gasteiger partial charge in [0.05, 0.1) is 6.61 Å². The quantitative estimate of drug-likeness (QED) is 0.301. The molecule has 5 heteroatoms. The summed E-state index contributed by atoms with van der Waals surface area (Å²) in [6.07, 6.45) is 2.82. The van der Waals surface area contributed by atoms with E-state index in [-0.39, 0.29) is 0 Å². The third-order valence-electron chi connectivity index (χ3n) is 1.49. The first kappa shape index (κ1) is 13.6. The zero-order chi connectivity index (χ0) is 11.7. The second kappa shape index (κ2) is 7.99. The van der Waals surface area contributed by atoms with Crippen LogP contribution in [0.2, 0.25) is 0 Å². The summed E-state index contributed by atoms with van der Waals surface area (Å²) in [6, 6.07) is 0. The minimum Gasteiger partial charge on any atom is -0.478 e. The molecule has 1 N–H and O–H groups in total. The summed E-state index contributed by atoms with van der Waals surface area (Å²) in [5.41, 5.74) is 0. The van der Waals surface area contributed by atoms with Gasteiger partial charge in [-0.3, -0.25) is 0 Å². The van der Waals surface area contributed by atoms with Gasteiger partial charge in [-0.15, -0.1) is 0 Å². The number of hydrogen-bond acceptors (Lipinski definition) is 4.